The van der Waals surface area contributed by atoms with E-state index in [1.165, 1.54) is 22.3 Å². The second kappa shape index (κ2) is 17.3. The van der Waals surface area contributed by atoms with Gasteiger partial charge in [0.05, 0.1) is 0 Å². The van der Waals surface area contributed by atoms with Gasteiger partial charge in [-0.05, 0) is 45.9 Å². The molecular weight excluding hydrogens is 770 g/mol. The van der Waals surface area contributed by atoms with Crippen LogP contribution < -0.4 is 9.13 Å². The summed E-state index contributed by atoms with van der Waals surface area (Å²) in [6.07, 6.45) is 0. The third-order valence-corrected chi connectivity index (χ3v) is 14.4. The van der Waals surface area contributed by atoms with Gasteiger partial charge in [-0.25, -0.2) is 9.32 Å². The van der Waals surface area contributed by atoms with Crippen LogP contribution in [0.1, 0.15) is 101 Å². The van der Waals surface area contributed by atoms with E-state index in [2.05, 4.69) is 101 Å². The molecule has 0 saturated carbocycles. The Bertz CT molecular complexity index is 1520. The van der Waals surface area contributed by atoms with Crippen molar-refractivity contribution >= 4 is 93.6 Å². The number of rotatable bonds is 6. The van der Waals surface area contributed by atoms with Gasteiger partial charge in [-0.3, -0.25) is 9.13 Å². The van der Waals surface area contributed by atoms with Gasteiger partial charge in [0.1, 0.15) is 0 Å². The molecule has 0 amide bonds. The van der Waals surface area contributed by atoms with Crippen LogP contribution in [0.3, 0.4) is 0 Å². The van der Waals surface area contributed by atoms with E-state index in [1.54, 1.807) is 0 Å². The van der Waals surface area contributed by atoms with Crippen LogP contribution in [0.15, 0.2) is 55.7 Å². The van der Waals surface area contributed by atoms with Gasteiger partial charge >= 0.3 is 14.0 Å². The molecule has 16 heteroatoms. The molecule has 0 fully saturated rings. The zero-order chi connectivity index (χ0) is 39.6. The fourth-order valence-electron chi connectivity index (χ4n) is 5.92. The minimum absolute atomic E-state index is 0.324. The summed E-state index contributed by atoms with van der Waals surface area (Å²) in [7, 11) is 8.96. The highest BCUT2D eigenvalue weighted by Gasteiger charge is 2.49. The van der Waals surface area contributed by atoms with Gasteiger partial charge in [-0.1, -0.05) is 136 Å². The van der Waals surface area contributed by atoms with Crippen molar-refractivity contribution in [3.05, 3.63) is 58.7 Å². The maximum Gasteiger partial charge on any atom is 0.498 e. The molecule has 0 aliphatic carbocycles. The highest BCUT2D eigenvalue weighted by molar-refractivity contribution is 7.47. The second-order valence-electron chi connectivity index (χ2n) is 15.1. The van der Waals surface area contributed by atoms with Gasteiger partial charge < -0.3 is 19.6 Å². The number of halogens is 4. The van der Waals surface area contributed by atoms with Crippen LogP contribution in [0.25, 0.3) is 0 Å². The van der Waals surface area contributed by atoms with Crippen LogP contribution in [-0.4, -0.2) is 114 Å². The average molecular weight is 829 g/mol. The Balaban J connectivity index is 0.000000280. The molecule has 0 radical (unpaired) electrons. The molecule has 0 saturated heterocycles. The van der Waals surface area contributed by atoms with E-state index in [1.807, 2.05) is 85.1 Å². The molecule has 0 spiro atoms. The Labute approximate surface area is 333 Å². The van der Waals surface area contributed by atoms with Gasteiger partial charge in [0.2, 0.25) is 23.8 Å². The minimum Gasteiger partial charge on any atom is -0.349 e. The third kappa shape index (κ3) is 9.59. The Morgan fingerprint density at radius 2 is 0.712 bits per heavy atom. The number of anilines is 2. The van der Waals surface area contributed by atoms with Gasteiger partial charge in [0, 0.05) is 67.8 Å². The smallest absolute Gasteiger partial charge is 0.349 e. The lowest BCUT2D eigenvalue weighted by Crippen LogP contribution is -2.57. The van der Waals surface area contributed by atoms with E-state index in [0.717, 1.165) is 23.3 Å². The quantitative estimate of drug-likeness (QED) is 0.214. The maximum atomic E-state index is 6.91. The highest BCUT2D eigenvalue weighted by atomic mass is 35.7. The third-order valence-electron chi connectivity index (χ3n) is 8.54. The summed E-state index contributed by atoms with van der Waals surface area (Å²) in [6.45, 7) is 17.4. The van der Waals surface area contributed by atoms with Crippen LogP contribution in [0.5, 0.6) is 0 Å². The summed E-state index contributed by atoms with van der Waals surface area (Å²) in [5.41, 5.74) is 6.89. The van der Waals surface area contributed by atoms with Crippen molar-refractivity contribution in [3.63, 3.8) is 0 Å². The predicted molar refractivity (Wildman–Crippen MR) is 234 cm³/mol. The van der Waals surface area contributed by atoms with E-state index < -0.39 is 14.0 Å². The fourth-order valence-corrected chi connectivity index (χ4v) is 12.0. The zero-order valence-electron chi connectivity index (χ0n) is 33.8. The molecule has 0 N–H and O–H groups in total. The van der Waals surface area contributed by atoms with Crippen molar-refractivity contribution < 1.29 is 0 Å². The lowest BCUT2D eigenvalue weighted by Gasteiger charge is -2.41. The average Bonchev–Trinajstić information content (AvgIpc) is 3.02. The fraction of sp³-hybridized carbons (Fsp3) is 0.556. The normalized spacial score (nSPS) is 16.7. The van der Waals surface area contributed by atoms with Crippen LogP contribution in [-0.2, 0) is 0 Å². The number of hydrogen-bond acceptors (Lipinski definition) is 10. The first-order chi connectivity index (χ1) is 23.9. The Morgan fingerprint density at radius 3 is 0.904 bits per heavy atom. The Morgan fingerprint density at radius 1 is 0.462 bits per heavy atom. The van der Waals surface area contributed by atoms with Crippen LogP contribution in [0, 0.1) is 0 Å². The summed E-state index contributed by atoms with van der Waals surface area (Å²) >= 11 is 27.6. The highest BCUT2D eigenvalue weighted by Crippen LogP contribution is 2.43. The summed E-state index contributed by atoms with van der Waals surface area (Å²) < 4.78 is 13.2. The van der Waals surface area contributed by atoms with E-state index >= 15 is 0 Å². The molecule has 288 valence electrons. The molecule has 2 heterocycles. The van der Waals surface area contributed by atoms with Crippen molar-refractivity contribution in [2.24, 2.45) is 19.3 Å². The molecule has 0 aromatic heterocycles. The molecule has 0 bridgehead atoms. The van der Waals surface area contributed by atoms with Crippen LogP contribution >= 0.6 is 44.3 Å². The first-order valence-electron chi connectivity index (χ1n) is 17.6. The molecule has 4 rings (SSSR count). The number of guanidine groups is 4. The molecule has 2 aromatic carbocycles. The van der Waals surface area contributed by atoms with Crippen molar-refractivity contribution in [2.75, 3.05) is 65.5 Å². The van der Waals surface area contributed by atoms with Crippen molar-refractivity contribution in [3.8, 4) is 0 Å². The number of hydrogen-bond donors (Lipinski definition) is 0. The molecule has 2 aromatic rings. The first kappa shape index (κ1) is 43.9. The summed E-state index contributed by atoms with van der Waals surface area (Å²) in [4.78, 5) is 17.1. The monoisotopic (exact) mass is 826 g/mol. The summed E-state index contributed by atoms with van der Waals surface area (Å²) in [5, 5.41) is 0. The number of nitrogens with zero attached hydrogens (tertiary/aromatic N) is 10. The molecule has 2 aliphatic heterocycles. The zero-order valence-corrected chi connectivity index (χ0v) is 38.8. The lowest BCUT2D eigenvalue weighted by molar-refractivity contribution is 0.592. The van der Waals surface area contributed by atoms with Gasteiger partial charge in [0.25, 0.3) is 0 Å². The maximum absolute atomic E-state index is 6.91. The number of para-hydroxylation sites is 2. The van der Waals surface area contributed by atoms with E-state index in [4.69, 9.17) is 54.3 Å². The Hall–Kier alpha value is -2.49. The van der Waals surface area contributed by atoms with Gasteiger partial charge in [0.15, 0.2) is 0 Å². The van der Waals surface area contributed by atoms with Crippen LogP contribution in [0.2, 0.25) is 0 Å². The van der Waals surface area contributed by atoms with Crippen molar-refractivity contribution in [2.45, 2.75) is 79.1 Å². The van der Waals surface area contributed by atoms with Crippen molar-refractivity contribution in [1.82, 2.24) is 19.6 Å². The number of aliphatic imine (C=N–C) groups is 2. The second-order valence-corrected chi connectivity index (χ2v) is 26.0. The number of benzene rings is 2. The summed E-state index contributed by atoms with van der Waals surface area (Å²) in [5.74, 6) is 3.83. The molecule has 2 aliphatic rings. The van der Waals surface area contributed by atoms with Crippen molar-refractivity contribution in [1.29, 1.82) is 0 Å². The van der Waals surface area contributed by atoms with Gasteiger partial charge in [-0.2, -0.15) is 9.98 Å². The minimum atomic E-state index is -3.22. The molecular formula is C36H58Cl4N10Si2. The molecule has 0 unspecified atom stereocenters. The topological polar surface area (TPSA) is 68.9 Å². The molecule has 52 heavy (non-hydrogen) atoms. The molecule has 10 nitrogen and oxygen atoms in total. The van der Waals surface area contributed by atoms with E-state index in [9.17, 15) is 0 Å². The van der Waals surface area contributed by atoms with E-state index in [-0.39, 0.29) is 0 Å². The standard InChI is InChI=1S/2C18H29Cl2N5Si/c2*1-12(2)14-10-9-11-15(13(3)4)16(14)25-18(24(7)8)21-17(23(5)6)22-26(25,19)20/h2*9-13H,1-8H3. The van der Waals surface area contributed by atoms with E-state index in [0.29, 0.717) is 35.6 Å². The Kier molecular flexibility index (Phi) is 14.6. The van der Waals surface area contributed by atoms with Crippen LogP contribution in [0.4, 0.5) is 11.4 Å². The largest absolute Gasteiger partial charge is 0.498 e. The van der Waals surface area contributed by atoms with Gasteiger partial charge in [-0.15, -0.1) is 0 Å². The lowest BCUT2D eigenvalue weighted by atomic mass is 9.92. The molecule has 0 atom stereocenters. The SMILES string of the molecule is CC(C)c1cccc(C(C)C)c1N1C(N(C)C)=NC(N(C)C)=N[Si]1(Cl)Cl.CC(C)c1cccc(C(C)C)c1N1C(N(C)C)=NC(N(C)C)=N[Si]1(Cl)Cl. The summed E-state index contributed by atoms with van der Waals surface area (Å²) in [6, 6.07) is 12.8. The first-order valence-corrected chi connectivity index (χ1v) is 25.5. The predicted octanol–water partition coefficient (Wildman–Crippen LogP) is 9.00.